The number of rotatable bonds is 5. The van der Waals surface area contributed by atoms with E-state index in [1.807, 2.05) is 4.90 Å². The first-order chi connectivity index (χ1) is 6.34. The average Bonchev–Trinajstić information content (AvgIpc) is 2.15. The Balaban J connectivity index is 0.00000169. The van der Waals surface area contributed by atoms with Crippen molar-refractivity contribution in [2.75, 3.05) is 13.1 Å². The first-order valence-corrected chi connectivity index (χ1v) is 6.19. The van der Waals surface area contributed by atoms with Gasteiger partial charge < -0.3 is 17.3 Å². The molecule has 1 saturated heterocycles. The largest absolute Gasteiger partial charge is 1.00 e. The predicted octanol–water partition coefficient (Wildman–Crippen LogP) is -0.972. The average molecular weight is 220 g/mol. The Hall–Kier alpha value is 0.250. The Morgan fingerprint density at radius 2 is 1.93 bits per heavy atom. The number of quaternary nitrogens is 1. The molecule has 2 unspecified atom stereocenters. The zero-order valence-corrected chi connectivity index (χ0v) is 10.6. The fraction of sp³-hybridized carbons (Fsp3) is 1.00. The van der Waals surface area contributed by atoms with Crippen LogP contribution in [0.4, 0.5) is 0 Å². The third-order valence-electron chi connectivity index (χ3n) is 3.43. The van der Waals surface area contributed by atoms with Crippen LogP contribution in [0.25, 0.3) is 0 Å². The van der Waals surface area contributed by atoms with Crippen LogP contribution in [0.2, 0.25) is 0 Å². The summed E-state index contributed by atoms with van der Waals surface area (Å²) >= 11 is 0. The zero-order chi connectivity index (χ0) is 9.52. The van der Waals surface area contributed by atoms with Crippen LogP contribution in [0.5, 0.6) is 0 Å². The van der Waals surface area contributed by atoms with Gasteiger partial charge in [0.05, 0.1) is 19.1 Å². The van der Waals surface area contributed by atoms with Crippen LogP contribution in [0, 0.1) is 0 Å². The molecular formula is C12H26ClN. The Morgan fingerprint density at radius 1 is 1.14 bits per heavy atom. The first-order valence-electron chi connectivity index (χ1n) is 6.19. The van der Waals surface area contributed by atoms with Crippen LogP contribution in [-0.2, 0) is 0 Å². The Morgan fingerprint density at radius 3 is 2.57 bits per heavy atom. The molecule has 14 heavy (non-hydrogen) atoms. The minimum atomic E-state index is 0. The van der Waals surface area contributed by atoms with E-state index in [1.54, 1.807) is 0 Å². The van der Waals surface area contributed by atoms with Gasteiger partial charge in [-0.25, -0.2) is 0 Å². The van der Waals surface area contributed by atoms with Gasteiger partial charge in [-0.3, -0.25) is 0 Å². The number of halogens is 1. The summed E-state index contributed by atoms with van der Waals surface area (Å²) in [6.07, 6.45) is 10.1. The standard InChI is InChI=1S/C12H25N.ClH/c1-3-4-5-7-10-13-11-8-6-9-12(13)2;/h12H,3-11H2,1-2H3;1H. The topological polar surface area (TPSA) is 4.44 Å². The van der Waals surface area contributed by atoms with Crippen molar-refractivity contribution in [2.24, 2.45) is 0 Å². The number of piperidine rings is 1. The quantitative estimate of drug-likeness (QED) is 0.568. The molecule has 0 saturated carbocycles. The molecule has 2 heteroatoms. The second-order valence-electron chi connectivity index (χ2n) is 4.62. The molecule has 1 heterocycles. The smallest absolute Gasteiger partial charge is 0.0846 e. The summed E-state index contributed by atoms with van der Waals surface area (Å²) in [4.78, 5) is 1.88. The van der Waals surface area contributed by atoms with Crippen molar-refractivity contribution in [3.63, 3.8) is 0 Å². The van der Waals surface area contributed by atoms with Gasteiger partial charge in [-0.2, -0.15) is 0 Å². The minimum Gasteiger partial charge on any atom is -1.00 e. The lowest BCUT2D eigenvalue weighted by atomic mass is 10.0. The molecule has 2 atom stereocenters. The molecule has 86 valence electrons. The molecule has 1 N–H and O–H groups in total. The van der Waals surface area contributed by atoms with Crippen molar-refractivity contribution in [3.05, 3.63) is 0 Å². The van der Waals surface area contributed by atoms with Crippen molar-refractivity contribution >= 4 is 0 Å². The number of hydrogen-bond donors (Lipinski definition) is 1. The molecule has 0 radical (unpaired) electrons. The SMILES string of the molecule is CCCCCC[NH+]1CCCCC1C.[Cl-]. The molecule has 0 spiro atoms. The highest BCUT2D eigenvalue weighted by molar-refractivity contribution is 4.55. The molecule has 0 aliphatic carbocycles. The van der Waals surface area contributed by atoms with Gasteiger partial charge in [-0.1, -0.05) is 19.8 Å². The Kier molecular flexibility index (Phi) is 8.70. The van der Waals surface area contributed by atoms with E-state index in [0.717, 1.165) is 6.04 Å². The molecule has 0 aromatic heterocycles. The summed E-state index contributed by atoms with van der Waals surface area (Å²) < 4.78 is 0. The molecule has 1 aliphatic heterocycles. The second kappa shape index (κ2) is 8.55. The Bertz CT molecular complexity index is 127. The number of unbranched alkanes of at least 4 members (excludes halogenated alkanes) is 3. The summed E-state index contributed by atoms with van der Waals surface area (Å²) in [5.74, 6) is 0. The van der Waals surface area contributed by atoms with Gasteiger partial charge in [-0.05, 0) is 39.0 Å². The summed E-state index contributed by atoms with van der Waals surface area (Å²) in [5.41, 5.74) is 0. The van der Waals surface area contributed by atoms with Crippen LogP contribution in [0.3, 0.4) is 0 Å². The zero-order valence-electron chi connectivity index (χ0n) is 9.82. The highest BCUT2D eigenvalue weighted by atomic mass is 35.5. The molecule has 1 aliphatic rings. The van der Waals surface area contributed by atoms with E-state index in [0.29, 0.717) is 0 Å². The highest BCUT2D eigenvalue weighted by Crippen LogP contribution is 2.03. The Labute approximate surface area is 95.7 Å². The van der Waals surface area contributed by atoms with E-state index in [4.69, 9.17) is 0 Å². The van der Waals surface area contributed by atoms with Crippen LogP contribution in [0.1, 0.15) is 58.8 Å². The third-order valence-corrected chi connectivity index (χ3v) is 3.43. The first kappa shape index (κ1) is 14.2. The lowest BCUT2D eigenvalue weighted by Gasteiger charge is -2.30. The van der Waals surface area contributed by atoms with Gasteiger partial charge in [0.2, 0.25) is 0 Å². The molecular weight excluding hydrogens is 194 g/mol. The highest BCUT2D eigenvalue weighted by Gasteiger charge is 2.20. The normalized spacial score (nSPS) is 27.0. The molecule has 1 fully saturated rings. The molecule has 1 rings (SSSR count). The van der Waals surface area contributed by atoms with Crippen molar-refractivity contribution < 1.29 is 17.3 Å². The van der Waals surface area contributed by atoms with E-state index in [9.17, 15) is 0 Å². The van der Waals surface area contributed by atoms with Gasteiger partial charge in [0.25, 0.3) is 0 Å². The van der Waals surface area contributed by atoms with Gasteiger partial charge >= 0.3 is 0 Å². The fourth-order valence-electron chi connectivity index (χ4n) is 2.40. The van der Waals surface area contributed by atoms with E-state index in [1.165, 1.54) is 58.0 Å². The van der Waals surface area contributed by atoms with E-state index in [2.05, 4.69) is 13.8 Å². The van der Waals surface area contributed by atoms with E-state index < -0.39 is 0 Å². The summed E-state index contributed by atoms with van der Waals surface area (Å²) in [7, 11) is 0. The number of nitrogens with one attached hydrogen (secondary N) is 1. The van der Waals surface area contributed by atoms with Gasteiger partial charge in [0.15, 0.2) is 0 Å². The summed E-state index contributed by atoms with van der Waals surface area (Å²) in [5, 5.41) is 0. The van der Waals surface area contributed by atoms with Crippen molar-refractivity contribution in [3.8, 4) is 0 Å². The molecule has 0 bridgehead atoms. The summed E-state index contributed by atoms with van der Waals surface area (Å²) in [6, 6.07) is 0.940. The van der Waals surface area contributed by atoms with E-state index in [-0.39, 0.29) is 12.4 Å². The lowest BCUT2D eigenvalue weighted by Crippen LogP contribution is -3.16. The van der Waals surface area contributed by atoms with Crippen molar-refractivity contribution in [2.45, 2.75) is 64.8 Å². The molecule has 1 nitrogen and oxygen atoms in total. The fourth-order valence-corrected chi connectivity index (χ4v) is 2.40. The van der Waals surface area contributed by atoms with Gasteiger partial charge in [-0.15, -0.1) is 0 Å². The van der Waals surface area contributed by atoms with Gasteiger partial charge in [0, 0.05) is 0 Å². The minimum absolute atomic E-state index is 0. The number of likely N-dealkylation sites (tertiary alicyclic amines) is 1. The molecule has 0 aromatic carbocycles. The summed E-state index contributed by atoms with van der Waals surface area (Å²) in [6.45, 7) is 7.58. The van der Waals surface area contributed by atoms with Crippen LogP contribution >= 0.6 is 0 Å². The maximum absolute atomic E-state index is 2.42. The monoisotopic (exact) mass is 219 g/mol. The van der Waals surface area contributed by atoms with Crippen LogP contribution in [-0.4, -0.2) is 19.1 Å². The molecule has 0 aromatic rings. The van der Waals surface area contributed by atoms with Gasteiger partial charge in [0.1, 0.15) is 0 Å². The predicted molar refractivity (Wildman–Crippen MR) is 58.2 cm³/mol. The van der Waals surface area contributed by atoms with Crippen LogP contribution < -0.4 is 17.3 Å². The molecule has 0 amide bonds. The van der Waals surface area contributed by atoms with Crippen molar-refractivity contribution in [1.29, 1.82) is 0 Å². The van der Waals surface area contributed by atoms with E-state index >= 15 is 0 Å². The second-order valence-corrected chi connectivity index (χ2v) is 4.62. The third kappa shape index (κ3) is 5.21. The van der Waals surface area contributed by atoms with Crippen LogP contribution in [0.15, 0.2) is 0 Å². The maximum atomic E-state index is 2.42. The maximum Gasteiger partial charge on any atom is 0.0846 e. The lowest BCUT2D eigenvalue weighted by molar-refractivity contribution is -0.928. The number of hydrogen-bond acceptors (Lipinski definition) is 0. The van der Waals surface area contributed by atoms with Crippen molar-refractivity contribution in [1.82, 2.24) is 0 Å².